The van der Waals surface area contributed by atoms with Gasteiger partial charge in [0.2, 0.25) is 0 Å². The number of hydrogen-bond donors (Lipinski definition) is 2. The van der Waals surface area contributed by atoms with E-state index in [0.717, 1.165) is 35.7 Å². The van der Waals surface area contributed by atoms with Crippen LogP contribution in [-0.2, 0) is 9.53 Å². The van der Waals surface area contributed by atoms with E-state index in [1.54, 1.807) is 0 Å². The summed E-state index contributed by atoms with van der Waals surface area (Å²) in [6, 6.07) is 15.4. The van der Waals surface area contributed by atoms with Crippen molar-refractivity contribution in [1.82, 2.24) is 0 Å². The lowest BCUT2D eigenvalue weighted by Gasteiger charge is -2.12. The first-order valence-electron chi connectivity index (χ1n) is 8.27. The van der Waals surface area contributed by atoms with Crippen LogP contribution in [-0.4, -0.2) is 25.2 Å². The van der Waals surface area contributed by atoms with Gasteiger partial charge in [-0.25, -0.2) is 0 Å². The van der Waals surface area contributed by atoms with Gasteiger partial charge in [0.15, 0.2) is 0 Å². The standard InChI is InChI=1S/C19H22N2O3/c1-2-23-17-11-9-15(10-12-17)20-14-5-7-16(8-6-14)21-19(22)18-4-3-13-24-18/h5-12,18,20H,2-4,13H2,1H3,(H,21,22). The van der Waals surface area contributed by atoms with Crippen LogP contribution >= 0.6 is 0 Å². The van der Waals surface area contributed by atoms with Crippen molar-refractivity contribution >= 4 is 23.0 Å². The second-order valence-electron chi connectivity index (χ2n) is 5.65. The molecule has 0 bridgehead atoms. The van der Waals surface area contributed by atoms with Crippen LogP contribution in [0.1, 0.15) is 19.8 Å². The van der Waals surface area contributed by atoms with Crippen molar-refractivity contribution in [2.45, 2.75) is 25.9 Å². The van der Waals surface area contributed by atoms with E-state index in [2.05, 4.69) is 10.6 Å². The van der Waals surface area contributed by atoms with Crippen LogP contribution in [0.4, 0.5) is 17.1 Å². The normalized spacial score (nSPS) is 16.6. The molecule has 1 saturated heterocycles. The van der Waals surface area contributed by atoms with Crippen molar-refractivity contribution < 1.29 is 14.3 Å². The second-order valence-corrected chi connectivity index (χ2v) is 5.65. The first-order chi connectivity index (χ1) is 11.7. The number of hydrogen-bond acceptors (Lipinski definition) is 4. The average Bonchev–Trinajstić information content (AvgIpc) is 3.13. The molecule has 0 aliphatic carbocycles. The molecule has 3 rings (SSSR count). The zero-order valence-electron chi connectivity index (χ0n) is 13.7. The molecule has 2 N–H and O–H groups in total. The Bertz CT molecular complexity index is 662. The molecule has 5 nitrogen and oxygen atoms in total. The molecule has 1 atom stereocenters. The highest BCUT2D eigenvalue weighted by molar-refractivity contribution is 5.94. The number of benzene rings is 2. The zero-order valence-corrected chi connectivity index (χ0v) is 13.7. The first kappa shape index (κ1) is 16.3. The van der Waals surface area contributed by atoms with Crippen molar-refractivity contribution in [1.29, 1.82) is 0 Å². The monoisotopic (exact) mass is 326 g/mol. The highest BCUT2D eigenvalue weighted by Gasteiger charge is 2.23. The molecule has 0 spiro atoms. The van der Waals surface area contributed by atoms with E-state index in [1.807, 2.05) is 55.5 Å². The van der Waals surface area contributed by atoms with Crippen LogP contribution in [0.2, 0.25) is 0 Å². The Balaban J connectivity index is 1.56. The minimum absolute atomic E-state index is 0.0697. The van der Waals surface area contributed by atoms with Gasteiger partial charge in [0, 0.05) is 23.7 Å². The molecular weight excluding hydrogens is 304 g/mol. The number of amides is 1. The molecule has 0 saturated carbocycles. The fourth-order valence-corrected chi connectivity index (χ4v) is 2.61. The second kappa shape index (κ2) is 7.84. The smallest absolute Gasteiger partial charge is 0.253 e. The fraction of sp³-hybridized carbons (Fsp3) is 0.316. The number of ether oxygens (including phenoxy) is 2. The molecule has 1 aliphatic rings. The van der Waals surface area contributed by atoms with Crippen molar-refractivity contribution in [3.05, 3.63) is 48.5 Å². The number of rotatable bonds is 6. The molecule has 2 aromatic carbocycles. The summed E-state index contributed by atoms with van der Waals surface area (Å²) in [5.74, 6) is 0.787. The maximum absolute atomic E-state index is 12.0. The van der Waals surface area contributed by atoms with Gasteiger partial charge in [-0.3, -0.25) is 4.79 Å². The van der Waals surface area contributed by atoms with E-state index in [0.29, 0.717) is 13.2 Å². The maximum Gasteiger partial charge on any atom is 0.253 e. The van der Waals surface area contributed by atoms with Gasteiger partial charge in [-0.15, -0.1) is 0 Å². The van der Waals surface area contributed by atoms with Crippen LogP contribution in [0.15, 0.2) is 48.5 Å². The molecule has 1 heterocycles. The van der Waals surface area contributed by atoms with E-state index >= 15 is 0 Å². The molecule has 0 radical (unpaired) electrons. The molecule has 2 aromatic rings. The third-order valence-electron chi connectivity index (χ3n) is 3.83. The van der Waals surface area contributed by atoms with E-state index in [-0.39, 0.29) is 12.0 Å². The molecule has 24 heavy (non-hydrogen) atoms. The van der Waals surface area contributed by atoms with Gasteiger partial charge in [-0.05, 0) is 68.3 Å². The number of nitrogens with one attached hydrogen (secondary N) is 2. The molecule has 1 fully saturated rings. The lowest BCUT2D eigenvalue weighted by atomic mass is 10.2. The lowest BCUT2D eigenvalue weighted by Crippen LogP contribution is -2.26. The summed E-state index contributed by atoms with van der Waals surface area (Å²) < 4.78 is 10.8. The largest absolute Gasteiger partial charge is 0.494 e. The Hall–Kier alpha value is -2.53. The van der Waals surface area contributed by atoms with Gasteiger partial charge < -0.3 is 20.1 Å². The summed E-state index contributed by atoms with van der Waals surface area (Å²) in [5, 5.41) is 6.20. The molecule has 1 aliphatic heterocycles. The Kier molecular flexibility index (Phi) is 5.33. The molecule has 1 unspecified atom stereocenters. The molecule has 126 valence electrons. The molecule has 0 aromatic heterocycles. The summed E-state index contributed by atoms with van der Waals surface area (Å²) in [6.45, 7) is 3.29. The van der Waals surface area contributed by atoms with Crippen LogP contribution in [0.25, 0.3) is 0 Å². The van der Waals surface area contributed by atoms with Crippen molar-refractivity contribution in [3.63, 3.8) is 0 Å². The minimum atomic E-state index is -0.313. The van der Waals surface area contributed by atoms with Crippen LogP contribution < -0.4 is 15.4 Å². The van der Waals surface area contributed by atoms with E-state index in [1.165, 1.54) is 0 Å². The summed E-state index contributed by atoms with van der Waals surface area (Å²) in [4.78, 5) is 12.0. The van der Waals surface area contributed by atoms with Crippen molar-refractivity contribution in [3.8, 4) is 5.75 Å². The van der Waals surface area contributed by atoms with E-state index < -0.39 is 0 Å². The van der Waals surface area contributed by atoms with Crippen molar-refractivity contribution in [2.75, 3.05) is 23.8 Å². The predicted molar refractivity (Wildman–Crippen MR) is 94.9 cm³/mol. The van der Waals surface area contributed by atoms with Gasteiger partial charge in [-0.1, -0.05) is 0 Å². The SMILES string of the molecule is CCOc1ccc(Nc2ccc(NC(=O)C3CCCO3)cc2)cc1. The molecule has 5 heteroatoms. The summed E-state index contributed by atoms with van der Waals surface area (Å²) in [6.07, 6.45) is 1.43. The number of anilines is 3. The summed E-state index contributed by atoms with van der Waals surface area (Å²) in [5.41, 5.74) is 2.71. The Morgan fingerprint density at radius 3 is 2.29 bits per heavy atom. The Morgan fingerprint density at radius 1 is 1.08 bits per heavy atom. The van der Waals surface area contributed by atoms with E-state index in [9.17, 15) is 4.79 Å². The van der Waals surface area contributed by atoms with Gasteiger partial charge in [0.25, 0.3) is 5.91 Å². The number of carbonyl (C=O) groups excluding carboxylic acids is 1. The van der Waals surface area contributed by atoms with Crippen LogP contribution in [0.5, 0.6) is 5.75 Å². The van der Waals surface area contributed by atoms with Gasteiger partial charge in [0.05, 0.1) is 6.61 Å². The predicted octanol–water partition coefficient (Wildman–Crippen LogP) is 3.95. The minimum Gasteiger partial charge on any atom is -0.494 e. The third kappa shape index (κ3) is 4.26. The molecular formula is C19H22N2O3. The Morgan fingerprint density at radius 2 is 1.71 bits per heavy atom. The topological polar surface area (TPSA) is 59.6 Å². The summed E-state index contributed by atoms with van der Waals surface area (Å²) in [7, 11) is 0. The third-order valence-corrected chi connectivity index (χ3v) is 3.83. The maximum atomic E-state index is 12.0. The summed E-state index contributed by atoms with van der Waals surface area (Å²) >= 11 is 0. The Labute approximate surface area is 142 Å². The van der Waals surface area contributed by atoms with E-state index in [4.69, 9.17) is 9.47 Å². The highest BCUT2D eigenvalue weighted by Crippen LogP contribution is 2.22. The van der Waals surface area contributed by atoms with Gasteiger partial charge in [0.1, 0.15) is 11.9 Å². The van der Waals surface area contributed by atoms with Crippen LogP contribution in [0.3, 0.4) is 0 Å². The van der Waals surface area contributed by atoms with Gasteiger partial charge in [-0.2, -0.15) is 0 Å². The average molecular weight is 326 g/mol. The fourth-order valence-electron chi connectivity index (χ4n) is 2.61. The van der Waals surface area contributed by atoms with Crippen molar-refractivity contribution in [2.24, 2.45) is 0 Å². The molecule has 1 amide bonds. The zero-order chi connectivity index (χ0) is 16.8. The quantitative estimate of drug-likeness (QED) is 0.844. The lowest BCUT2D eigenvalue weighted by molar-refractivity contribution is -0.124. The highest BCUT2D eigenvalue weighted by atomic mass is 16.5. The van der Waals surface area contributed by atoms with Gasteiger partial charge >= 0.3 is 0 Å². The first-order valence-corrected chi connectivity index (χ1v) is 8.27. The van der Waals surface area contributed by atoms with Crippen LogP contribution in [0, 0.1) is 0 Å². The number of carbonyl (C=O) groups is 1.